The topological polar surface area (TPSA) is 39.1 Å². The quantitative estimate of drug-likeness (QED) is 0.728. The third kappa shape index (κ3) is 2.52. The van der Waals surface area contributed by atoms with Gasteiger partial charge in [-0.2, -0.15) is 5.10 Å². The molecule has 1 N–H and O–H groups in total. The van der Waals surface area contributed by atoms with Crippen molar-refractivity contribution >= 4 is 29.0 Å². The Morgan fingerprint density at radius 1 is 1.12 bits per heavy atom. The van der Waals surface area contributed by atoms with Crippen molar-refractivity contribution in [2.75, 3.05) is 19.0 Å². The molecule has 6 heteroatoms. The summed E-state index contributed by atoms with van der Waals surface area (Å²) in [5.41, 5.74) is 3.91. The number of benzene rings is 2. The van der Waals surface area contributed by atoms with Crippen LogP contribution in [-0.4, -0.2) is 23.4 Å². The van der Waals surface area contributed by atoms with E-state index in [-0.39, 0.29) is 0 Å². The number of ether oxygens (including phenoxy) is 1. The minimum atomic E-state index is 0.582. The lowest BCUT2D eigenvalue weighted by molar-refractivity contribution is 0.416. The Balaban J connectivity index is 1.92. The number of methoxy groups -OCH3 is 1. The number of hydrogen-bond acceptors (Lipinski definition) is 3. The molecule has 24 heavy (non-hydrogen) atoms. The van der Waals surface area contributed by atoms with Crippen LogP contribution in [0.5, 0.6) is 5.75 Å². The summed E-state index contributed by atoms with van der Waals surface area (Å²) in [6.45, 7) is 0.879. The van der Waals surface area contributed by atoms with Crippen LogP contribution in [0.3, 0.4) is 0 Å². The predicted octanol–water partition coefficient (Wildman–Crippen LogP) is 4.82. The van der Waals surface area contributed by atoms with Gasteiger partial charge in [-0.25, -0.2) is 4.68 Å². The van der Waals surface area contributed by atoms with Crippen LogP contribution in [0.2, 0.25) is 10.0 Å². The van der Waals surface area contributed by atoms with Gasteiger partial charge in [-0.15, -0.1) is 0 Å². The number of rotatable bonds is 3. The Bertz CT molecular complexity index is 900. The molecule has 0 spiro atoms. The molecule has 4 nitrogen and oxygen atoms in total. The molecule has 0 bridgehead atoms. The Hall–Kier alpha value is -2.17. The second kappa shape index (κ2) is 6.04. The van der Waals surface area contributed by atoms with Gasteiger partial charge in [-0.3, -0.25) is 0 Å². The van der Waals surface area contributed by atoms with Crippen molar-refractivity contribution in [2.45, 2.75) is 6.42 Å². The number of anilines is 1. The van der Waals surface area contributed by atoms with E-state index < -0.39 is 0 Å². The Morgan fingerprint density at radius 3 is 2.62 bits per heavy atom. The molecule has 0 unspecified atom stereocenters. The molecular formula is C18H15Cl2N3O. The fraction of sp³-hybridized carbons (Fsp3) is 0.167. The average Bonchev–Trinajstić information content (AvgIpc) is 3.16. The zero-order valence-corrected chi connectivity index (χ0v) is 14.5. The summed E-state index contributed by atoms with van der Waals surface area (Å²) in [6, 6.07) is 13.3. The molecule has 1 aliphatic rings. The summed E-state index contributed by atoms with van der Waals surface area (Å²) in [6.07, 6.45) is 0.914. The molecule has 4 rings (SSSR count). The third-order valence-corrected chi connectivity index (χ3v) is 4.54. The minimum absolute atomic E-state index is 0.582. The molecule has 0 atom stereocenters. The van der Waals surface area contributed by atoms with Crippen molar-refractivity contribution in [2.24, 2.45) is 0 Å². The summed E-state index contributed by atoms with van der Waals surface area (Å²) >= 11 is 12.3. The first kappa shape index (κ1) is 15.4. The standard InChI is InChI=1S/C18H15Cl2N3O/c1-24-16-5-3-2-4-14(16)17-15-6-7-21-18(15)23(22-17)13-9-11(19)8-12(20)10-13/h2-5,8-10,21H,6-7H2,1H3. The lowest BCUT2D eigenvalue weighted by Crippen LogP contribution is -2.04. The summed E-state index contributed by atoms with van der Waals surface area (Å²) in [4.78, 5) is 0. The molecule has 2 aromatic carbocycles. The van der Waals surface area contributed by atoms with Gasteiger partial charge in [0.25, 0.3) is 0 Å². The van der Waals surface area contributed by atoms with Gasteiger partial charge < -0.3 is 10.1 Å². The van der Waals surface area contributed by atoms with Crippen LogP contribution in [-0.2, 0) is 6.42 Å². The van der Waals surface area contributed by atoms with Gasteiger partial charge in [0, 0.05) is 27.7 Å². The SMILES string of the molecule is COc1ccccc1-c1nn(-c2cc(Cl)cc(Cl)c2)c2c1CCN2. The maximum atomic E-state index is 6.16. The molecule has 0 saturated carbocycles. The van der Waals surface area contributed by atoms with Crippen molar-refractivity contribution in [3.8, 4) is 22.7 Å². The van der Waals surface area contributed by atoms with E-state index in [1.165, 1.54) is 5.56 Å². The zero-order chi connectivity index (χ0) is 16.7. The molecule has 3 aromatic rings. The van der Waals surface area contributed by atoms with Gasteiger partial charge in [-0.1, -0.05) is 35.3 Å². The fourth-order valence-corrected chi connectivity index (χ4v) is 3.59. The number of nitrogens with one attached hydrogen (secondary N) is 1. The van der Waals surface area contributed by atoms with Gasteiger partial charge in [0.05, 0.1) is 12.8 Å². The normalized spacial score (nSPS) is 12.8. The van der Waals surface area contributed by atoms with Crippen LogP contribution in [0, 0.1) is 0 Å². The molecule has 1 aromatic heterocycles. The molecule has 0 aliphatic carbocycles. The largest absolute Gasteiger partial charge is 0.496 e. The van der Waals surface area contributed by atoms with E-state index in [0.29, 0.717) is 10.0 Å². The van der Waals surface area contributed by atoms with Crippen LogP contribution in [0.25, 0.3) is 16.9 Å². The molecule has 0 fully saturated rings. The molecule has 0 saturated heterocycles. The maximum absolute atomic E-state index is 6.16. The van der Waals surface area contributed by atoms with Gasteiger partial charge >= 0.3 is 0 Å². The van der Waals surface area contributed by atoms with Gasteiger partial charge in [0.15, 0.2) is 0 Å². The monoisotopic (exact) mass is 359 g/mol. The van der Waals surface area contributed by atoms with Gasteiger partial charge in [0.1, 0.15) is 17.3 Å². The number of fused-ring (bicyclic) bond motifs is 1. The average molecular weight is 360 g/mol. The summed E-state index contributed by atoms with van der Waals surface area (Å²) in [7, 11) is 1.67. The Morgan fingerprint density at radius 2 is 1.88 bits per heavy atom. The second-order valence-corrected chi connectivity index (χ2v) is 6.47. The number of nitrogens with zero attached hydrogens (tertiary/aromatic N) is 2. The van der Waals surface area contributed by atoms with E-state index in [1.807, 2.05) is 41.1 Å². The number of aromatic nitrogens is 2. The summed E-state index contributed by atoms with van der Waals surface area (Å²) in [5.74, 6) is 1.79. The van der Waals surface area contributed by atoms with E-state index in [4.69, 9.17) is 33.0 Å². The van der Waals surface area contributed by atoms with Crippen LogP contribution in [0.4, 0.5) is 5.82 Å². The zero-order valence-electron chi connectivity index (χ0n) is 13.0. The Labute approximate surface area is 150 Å². The Kier molecular flexibility index (Phi) is 3.87. The molecule has 0 radical (unpaired) electrons. The molecule has 1 aliphatic heterocycles. The molecule has 2 heterocycles. The molecule has 0 amide bonds. The molecule has 122 valence electrons. The summed E-state index contributed by atoms with van der Waals surface area (Å²) in [5, 5.41) is 9.39. The van der Waals surface area contributed by atoms with E-state index in [9.17, 15) is 0 Å². The minimum Gasteiger partial charge on any atom is -0.496 e. The van der Waals surface area contributed by atoms with E-state index in [2.05, 4.69) is 5.32 Å². The highest BCUT2D eigenvalue weighted by atomic mass is 35.5. The first-order chi connectivity index (χ1) is 11.7. The maximum Gasteiger partial charge on any atom is 0.133 e. The van der Waals surface area contributed by atoms with Crippen LogP contribution < -0.4 is 10.1 Å². The van der Waals surface area contributed by atoms with Crippen LogP contribution in [0.1, 0.15) is 5.56 Å². The third-order valence-electron chi connectivity index (χ3n) is 4.10. The highest BCUT2D eigenvalue weighted by Crippen LogP contribution is 2.38. The first-order valence-electron chi connectivity index (χ1n) is 7.63. The summed E-state index contributed by atoms with van der Waals surface area (Å²) < 4.78 is 7.36. The van der Waals surface area contributed by atoms with Crippen LogP contribution in [0.15, 0.2) is 42.5 Å². The molecular weight excluding hydrogens is 345 g/mol. The van der Waals surface area contributed by atoms with Crippen molar-refractivity contribution in [1.82, 2.24) is 9.78 Å². The van der Waals surface area contributed by atoms with Crippen molar-refractivity contribution < 1.29 is 4.74 Å². The smallest absolute Gasteiger partial charge is 0.133 e. The fourth-order valence-electron chi connectivity index (χ4n) is 3.08. The van der Waals surface area contributed by atoms with Crippen molar-refractivity contribution in [1.29, 1.82) is 0 Å². The van der Waals surface area contributed by atoms with Crippen molar-refractivity contribution in [3.63, 3.8) is 0 Å². The number of hydrogen-bond donors (Lipinski definition) is 1. The second-order valence-electron chi connectivity index (χ2n) is 5.59. The van der Waals surface area contributed by atoms with Crippen LogP contribution >= 0.6 is 23.2 Å². The highest BCUT2D eigenvalue weighted by molar-refractivity contribution is 6.34. The highest BCUT2D eigenvalue weighted by Gasteiger charge is 2.25. The number of para-hydroxylation sites is 1. The van der Waals surface area contributed by atoms with Gasteiger partial charge in [0.2, 0.25) is 0 Å². The van der Waals surface area contributed by atoms with Gasteiger partial charge in [-0.05, 0) is 36.8 Å². The lowest BCUT2D eigenvalue weighted by Gasteiger charge is -2.08. The predicted molar refractivity (Wildman–Crippen MR) is 97.8 cm³/mol. The van der Waals surface area contributed by atoms with Crippen molar-refractivity contribution in [3.05, 3.63) is 58.1 Å². The van der Waals surface area contributed by atoms with E-state index in [1.54, 1.807) is 13.2 Å². The van der Waals surface area contributed by atoms with E-state index in [0.717, 1.165) is 41.5 Å². The lowest BCUT2D eigenvalue weighted by atomic mass is 10.1. The number of halogens is 2. The first-order valence-corrected chi connectivity index (χ1v) is 8.38. The van der Waals surface area contributed by atoms with E-state index >= 15 is 0 Å².